The molecular formula is C17H18N4O3. The second-order valence-corrected chi connectivity index (χ2v) is 5.53. The SMILES string of the molecule is CC[C@H](C(=O)NCc1ccccc1)n1cnc2onc(C)c2c1=O. The fourth-order valence-corrected chi connectivity index (χ4v) is 2.62. The first-order chi connectivity index (χ1) is 11.6. The van der Waals surface area contributed by atoms with E-state index in [1.807, 2.05) is 37.3 Å². The zero-order chi connectivity index (χ0) is 17.1. The predicted molar refractivity (Wildman–Crippen MR) is 88.4 cm³/mol. The number of carbonyl (C=O) groups excluding carboxylic acids is 1. The number of rotatable bonds is 5. The molecule has 0 bridgehead atoms. The highest BCUT2D eigenvalue weighted by molar-refractivity contribution is 5.81. The van der Waals surface area contributed by atoms with Gasteiger partial charge in [-0.25, -0.2) is 4.98 Å². The van der Waals surface area contributed by atoms with Crippen LogP contribution < -0.4 is 10.9 Å². The van der Waals surface area contributed by atoms with Crippen LogP contribution >= 0.6 is 0 Å². The van der Waals surface area contributed by atoms with Crippen LogP contribution in [0.5, 0.6) is 0 Å². The maximum atomic E-state index is 12.6. The Labute approximate surface area is 138 Å². The lowest BCUT2D eigenvalue weighted by Crippen LogP contribution is -2.36. The Balaban J connectivity index is 1.85. The van der Waals surface area contributed by atoms with Gasteiger partial charge >= 0.3 is 0 Å². The fourth-order valence-electron chi connectivity index (χ4n) is 2.62. The van der Waals surface area contributed by atoms with Crippen LogP contribution in [0.1, 0.15) is 30.6 Å². The molecule has 124 valence electrons. The van der Waals surface area contributed by atoms with Crippen molar-refractivity contribution in [2.75, 3.05) is 0 Å². The van der Waals surface area contributed by atoms with E-state index >= 15 is 0 Å². The van der Waals surface area contributed by atoms with Gasteiger partial charge in [-0.05, 0) is 18.9 Å². The summed E-state index contributed by atoms with van der Waals surface area (Å²) in [5.41, 5.74) is 1.33. The molecule has 0 radical (unpaired) electrons. The summed E-state index contributed by atoms with van der Waals surface area (Å²) < 4.78 is 6.33. The summed E-state index contributed by atoms with van der Waals surface area (Å²) in [7, 11) is 0. The maximum absolute atomic E-state index is 12.6. The second kappa shape index (κ2) is 6.66. The van der Waals surface area contributed by atoms with Crippen molar-refractivity contribution in [3.63, 3.8) is 0 Å². The minimum atomic E-state index is -0.632. The number of aromatic nitrogens is 3. The van der Waals surface area contributed by atoms with Gasteiger partial charge in [0.25, 0.3) is 11.3 Å². The molecule has 2 aromatic heterocycles. The summed E-state index contributed by atoms with van der Waals surface area (Å²) in [5, 5.41) is 6.93. The molecule has 7 heteroatoms. The average molecular weight is 326 g/mol. The zero-order valence-electron chi connectivity index (χ0n) is 13.5. The number of nitrogens with zero attached hydrogens (tertiary/aromatic N) is 3. The van der Waals surface area contributed by atoms with Gasteiger partial charge in [-0.2, -0.15) is 0 Å². The monoisotopic (exact) mass is 326 g/mol. The number of benzene rings is 1. The Kier molecular flexibility index (Phi) is 4.41. The standard InChI is InChI=1S/C17H18N4O3/c1-3-13(15(22)18-9-12-7-5-4-6-8-12)21-10-19-16-14(17(21)23)11(2)20-24-16/h4-8,10,13H,3,9H2,1-2H3,(H,18,22)/t13-/m1/s1. The van der Waals surface area contributed by atoms with E-state index in [0.717, 1.165) is 5.56 Å². The molecule has 2 heterocycles. The smallest absolute Gasteiger partial charge is 0.267 e. The van der Waals surface area contributed by atoms with Crippen LogP contribution in [0.4, 0.5) is 0 Å². The summed E-state index contributed by atoms with van der Waals surface area (Å²) >= 11 is 0. The molecule has 24 heavy (non-hydrogen) atoms. The quantitative estimate of drug-likeness (QED) is 0.774. The highest BCUT2D eigenvalue weighted by Crippen LogP contribution is 2.14. The number of fused-ring (bicyclic) bond motifs is 1. The molecule has 7 nitrogen and oxygen atoms in total. The van der Waals surface area contributed by atoms with E-state index in [2.05, 4.69) is 15.5 Å². The molecule has 0 unspecified atom stereocenters. The number of hydrogen-bond acceptors (Lipinski definition) is 5. The van der Waals surface area contributed by atoms with Gasteiger partial charge < -0.3 is 9.84 Å². The van der Waals surface area contributed by atoms with E-state index in [9.17, 15) is 9.59 Å². The van der Waals surface area contributed by atoms with Crippen molar-refractivity contribution >= 4 is 17.0 Å². The molecule has 0 fully saturated rings. The van der Waals surface area contributed by atoms with Gasteiger partial charge in [-0.3, -0.25) is 14.2 Å². The van der Waals surface area contributed by atoms with Crippen molar-refractivity contribution in [2.24, 2.45) is 0 Å². The Morgan fingerprint density at radius 1 is 1.33 bits per heavy atom. The summed E-state index contributed by atoms with van der Waals surface area (Å²) in [5.74, 6) is -0.223. The Bertz CT molecular complexity index is 914. The molecule has 1 aromatic carbocycles. The van der Waals surface area contributed by atoms with Gasteiger partial charge in [0, 0.05) is 6.54 Å². The third-order valence-electron chi connectivity index (χ3n) is 3.93. The van der Waals surface area contributed by atoms with Crippen molar-refractivity contribution < 1.29 is 9.32 Å². The van der Waals surface area contributed by atoms with Crippen molar-refractivity contribution in [2.45, 2.75) is 32.9 Å². The lowest BCUT2D eigenvalue weighted by molar-refractivity contribution is -0.124. The third kappa shape index (κ3) is 2.92. The van der Waals surface area contributed by atoms with Crippen molar-refractivity contribution in [3.05, 3.63) is 58.3 Å². The number of nitrogens with one attached hydrogen (secondary N) is 1. The van der Waals surface area contributed by atoms with Gasteiger partial charge in [0.2, 0.25) is 5.91 Å². The Morgan fingerprint density at radius 3 is 2.79 bits per heavy atom. The van der Waals surface area contributed by atoms with Crippen molar-refractivity contribution in [1.82, 2.24) is 20.0 Å². The predicted octanol–water partition coefficient (Wildman–Crippen LogP) is 1.96. The van der Waals surface area contributed by atoms with Crippen LogP contribution in [-0.2, 0) is 11.3 Å². The van der Waals surface area contributed by atoms with Gasteiger partial charge in [0.05, 0.1) is 5.69 Å². The van der Waals surface area contributed by atoms with Crippen molar-refractivity contribution in [3.8, 4) is 0 Å². The minimum absolute atomic E-state index is 0.188. The van der Waals surface area contributed by atoms with E-state index in [4.69, 9.17) is 4.52 Å². The van der Waals surface area contributed by atoms with Crippen LogP contribution in [0, 0.1) is 6.92 Å². The lowest BCUT2D eigenvalue weighted by atomic mass is 10.1. The highest BCUT2D eigenvalue weighted by Gasteiger charge is 2.22. The van der Waals surface area contributed by atoms with Crippen LogP contribution in [-0.4, -0.2) is 20.6 Å². The van der Waals surface area contributed by atoms with Crippen LogP contribution in [0.15, 0.2) is 46.0 Å². The molecule has 1 amide bonds. The molecule has 0 saturated carbocycles. The molecule has 0 aliphatic carbocycles. The summed E-state index contributed by atoms with van der Waals surface area (Å²) in [4.78, 5) is 29.2. The Hall–Kier alpha value is -2.96. The van der Waals surface area contributed by atoms with Crippen LogP contribution in [0.2, 0.25) is 0 Å². The molecule has 0 aliphatic heterocycles. The lowest BCUT2D eigenvalue weighted by Gasteiger charge is -2.17. The highest BCUT2D eigenvalue weighted by atomic mass is 16.5. The largest absolute Gasteiger partial charge is 0.350 e. The molecule has 0 saturated heterocycles. The van der Waals surface area contributed by atoms with Gasteiger partial charge in [-0.1, -0.05) is 42.4 Å². The maximum Gasteiger partial charge on any atom is 0.267 e. The van der Waals surface area contributed by atoms with Crippen LogP contribution in [0.25, 0.3) is 11.1 Å². The van der Waals surface area contributed by atoms with Gasteiger partial charge in [-0.15, -0.1) is 0 Å². The second-order valence-electron chi connectivity index (χ2n) is 5.53. The van der Waals surface area contributed by atoms with Crippen LogP contribution in [0.3, 0.4) is 0 Å². The summed E-state index contributed by atoms with van der Waals surface area (Å²) in [6.07, 6.45) is 1.81. The van der Waals surface area contributed by atoms with E-state index in [1.165, 1.54) is 10.9 Å². The zero-order valence-corrected chi connectivity index (χ0v) is 13.5. The van der Waals surface area contributed by atoms with E-state index in [1.54, 1.807) is 6.92 Å². The number of carbonyl (C=O) groups is 1. The first-order valence-corrected chi connectivity index (χ1v) is 7.76. The van der Waals surface area contributed by atoms with E-state index < -0.39 is 6.04 Å². The molecule has 3 rings (SSSR count). The van der Waals surface area contributed by atoms with E-state index in [-0.39, 0.29) is 17.2 Å². The first kappa shape index (κ1) is 15.9. The molecule has 3 aromatic rings. The fraction of sp³-hybridized carbons (Fsp3) is 0.294. The number of hydrogen-bond donors (Lipinski definition) is 1. The van der Waals surface area contributed by atoms with E-state index in [0.29, 0.717) is 24.0 Å². The average Bonchev–Trinajstić information content (AvgIpc) is 2.98. The van der Waals surface area contributed by atoms with Gasteiger partial charge in [0.15, 0.2) is 0 Å². The molecular weight excluding hydrogens is 308 g/mol. The first-order valence-electron chi connectivity index (χ1n) is 7.76. The molecule has 1 atom stereocenters. The topological polar surface area (TPSA) is 90.0 Å². The number of aryl methyl sites for hydroxylation is 1. The van der Waals surface area contributed by atoms with Crippen molar-refractivity contribution in [1.29, 1.82) is 0 Å². The summed E-state index contributed by atoms with van der Waals surface area (Å²) in [6.45, 7) is 3.94. The third-order valence-corrected chi connectivity index (χ3v) is 3.93. The Morgan fingerprint density at radius 2 is 2.08 bits per heavy atom. The molecule has 0 aliphatic rings. The number of amides is 1. The molecule has 0 spiro atoms. The normalized spacial score (nSPS) is 12.2. The van der Waals surface area contributed by atoms with Gasteiger partial charge in [0.1, 0.15) is 17.8 Å². The molecule has 1 N–H and O–H groups in total. The summed E-state index contributed by atoms with van der Waals surface area (Å²) in [6, 6.07) is 8.98. The minimum Gasteiger partial charge on any atom is -0.350 e.